The molecule has 0 bridgehead atoms. The second-order valence-electron chi connectivity index (χ2n) is 5.74. The highest BCUT2D eigenvalue weighted by Gasteiger charge is 2.31. The monoisotopic (exact) mass is 409 g/mol. The van der Waals surface area contributed by atoms with Gasteiger partial charge in [0.1, 0.15) is 10.8 Å². The van der Waals surface area contributed by atoms with Crippen molar-refractivity contribution in [1.29, 1.82) is 0 Å². The number of fused-ring (bicyclic) bond motifs is 1. The number of hydrogen-bond acceptors (Lipinski definition) is 7. The summed E-state index contributed by atoms with van der Waals surface area (Å²) in [6, 6.07) is 7.84. The summed E-state index contributed by atoms with van der Waals surface area (Å²) in [5, 5.41) is 8.95. The van der Waals surface area contributed by atoms with Crippen molar-refractivity contribution in [2.24, 2.45) is 5.14 Å². The highest BCUT2D eigenvalue weighted by atomic mass is 32.2. The van der Waals surface area contributed by atoms with E-state index in [1.54, 1.807) is 24.3 Å². The van der Waals surface area contributed by atoms with Crippen molar-refractivity contribution in [3.05, 3.63) is 41.3 Å². The molecule has 0 aliphatic carbocycles. The van der Waals surface area contributed by atoms with Gasteiger partial charge in [-0.15, -0.1) is 11.3 Å². The van der Waals surface area contributed by atoms with Crippen LogP contribution in [0.5, 0.6) is 0 Å². The molecule has 2 amide bonds. The Bertz CT molecular complexity index is 1030. The standard InChI is InChI=1S/C16H15N3O6S2/c1-9(25-16(22)10-6-14(26-8-10)27(17,23)24)15(21)19-7-13(20)18-11-4-2-3-5-12(11)19/h2-6,8-9H,7H2,1H3,(H,18,20)(H2,17,23,24). The van der Waals surface area contributed by atoms with E-state index < -0.39 is 28.0 Å². The number of nitrogens with two attached hydrogens (primary N) is 1. The Hall–Kier alpha value is -2.76. The maximum atomic E-state index is 12.7. The maximum Gasteiger partial charge on any atom is 0.339 e. The Morgan fingerprint density at radius 3 is 2.70 bits per heavy atom. The Kier molecular flexibility index (Phi) is 5.00. The lowest BCUT2D eigenvalue weighted by atomic mass is 10.1. The number of ether oxygens (including phenoxy) is 1. The van der Waals surface area contributed by atoms with Crippen LogP contribution in [0.3, 0.4) is 0 Å². The van der Waals surface area contributed by atoms with E-state index in [4.69, 9.17) is 9.88 Å². The van der Waals surface area contributed by atoms with Crippen LogP contribution in [0.25, 0.3) is 0 Å². The number of rotatable bonds is 4. The van der Waals surface area contributed by atoms with Gasteiger partial charge in [-0.1, -0.05) is 12.1 Å². The average Bonchev–Trinajstić information content (AvgIpc) is 3.11. The normalized spacial score (nSPS) is 14.9. The molecule has 0 fully saturated rings. The summed E-state index contributed by atoms with van der Waals surface area (Å²) in [5.41, 5.74) is 0.953. The van der Waals surface area contributed by atoms with Gasteiger partial charge in [0, 0.05) is 5.38 Å². The number of anilines is 2. The second kappa shape index (κ2) is 7.10. The molecule has 1 aromatic carbocycles. The topological polar surface area (TPSA) is 136 Å². The van der Waals surface area contributed by atoms with Crippen LogP contribution in [-0.2, 0) is 24.3 Å². The number of primary sulfonamides is 1. The fourth-order valence-electron chi connectivity index (χ4n) is 2.50. The first kappa shape index (κ1) is 19.0. The fourth-order valence-corrected chi connectivity index (χ4v) is 4.08. The van der Waals surface area contributed by atoms with Crippen LogP contribution in [0.1, 0.15) is 17.3 Å². The molecule has 2 aromatic rings. The number of benzene rings is 1. The van der Waals surface area contributed by atoms with Crippen molar-refractivity contribution in [2.45, 2.75) is 17.2 Å². The minimum Gasteiger partial charge on any atom is -0.449 e. The first-order chi connectivity index (χ1) is 12.7. The third-order valence-electron chi connectivity index (χ3n) is 3.76. The highest BCUT2D eigenvalue weighted by Crippen LogP contribution is 2.29. The molecule has 1 unspecified atom stereocenters. The molecule has 11 heteroatoms. The van der Waals surface area contributed by atoms with Gasteiger partial charge >= 0.3 is 5.97 Å². The maximum absolute atomic E-state index is 12.7. The summed E-state index contributed by atoms with van der Waals surface area (Å²) in [6.45, 7) is 1.17. The summed E-state index contributed by atoms with van der Waals surface area (Å²) in [6.07, 6.45) is -1.19. The molecule has 0 radical (unpaired) electrons. The number of para-hydroxylation sites is 2. The van der Waals surface area contributed by atoms with Gasteiger partial charge in [0.15, 0.2) is 6.10 Å². The highest BCUT2D eigenvalue weighted by molar-refractivity contribution is 7.91. The molecular formula is C16H15N3O6S2. The Morgan fingerprint density at radius 2 is 2.04 bits per heavy atom. The molecule has 9 nitrogen and oxygen atoms in total. The van der Waals surface area contributed by atoms with Crippen molar-refractivity contribution in [2.75, 3.05) is 16.8 Å². The van der Waals surface area contributed by atoms with E-state index in [2.05, 4.69) is 5.32 Å². The molecule has 1 aliphatic rings. The van der Waals surface area contributed by atoms with E-state index in [-0.39, 0.29) is 22.2 Å². The fraction of sp³-hybridized carbons (Fsp3) is 0.188. The van der Waals surface area contributed by atoms with Gasteiger partial charge in [0.25, 0.3) is 5.91 Å². The molecule has 142 valence electrons. The number of carbonyl (C=O) groups excluding carboxylic acids is 3. The van der Waals surface area contributed by atoms with Crippen LogP contribution in [0, 0.1) is 0 Å². The molecule has 1 aliphatic heterocycles. The summed E-state index contributed by atoms with van der Waals surface area (Å²) in [7, 11) is -3.93. The van der Waals surface area contributed by atoms with E-state index in [1.807, 2.05) is 0 Å². The lowest BCUT2D eigenvalue weighted by molar-refractivity contribution is -0.128. The van der Waals surface area contributed by atoms with E-state index >= 15 is 0 Å². The van der Waals surface area contributed by atoms with Gasteiger partial charge in [0.2, 0.25) is 15.9 Å². The van der Waals surface area contributed by atoms with Crippen LogP contribution in [0.4, 0.5) is 11.4 Å². The Labute approximate surface area is 158 Å². The lowest BCUT2D eigenvalue weighted by Gasteiger charge is -2.30. The zero-order valence-electron chi connectivity index (χ0n) is 14.0. The smallest absolute Gasteiger partial charge is 0.339 e. The van der Waals surface area contributed by atoms with E-state index in [0.717, 1.165) is 17.4 Å². The van der Waals surface area contributed by atoms with Gasteiger partial charge in [-0.05, 0) is 25.1 Å². The minimum absolute atomic E-state index is 0.0273. The van der Waals surface area contributed by atoms with Gasteiger partial charge in [-0.25, -0.2) is 18.4 Å². The van der Waals surface area contributed by atoms with Crippen molar-refractivity contribution in [1.82, 2.24) is 0 Å². The molecule has 1 atom stereocenters. The van der Waals surface area contributed by atoms with Crippen molar-refractivity contribution in [3.8, 4) is 0 Å². The Balaban J connectivity index is 1.75. The van der Waals surface area contributed by atoms with Crippen LogP contribution >= 0.6 is 11.3 Å². The average molecular weight is 409 g/mol. The summed E-state index contributed by atoms with van der Waals surface area (Å²) < 4.78 is 27.5. The molecule has 0 saturated heterocycles. The van der Waals surface area contributed by atoms with Gasteiger partial charge < -0.3 is 10.1 Å². The predicted molar refractivity (Wildman–Crippen MR) is 98.0 cm³/mol. The summed E-state index contributed by atoms with van der Waals surface area (Å²) in [4.78, 5) is 37.9. The number of thiophene rings is 1. The molecule has 3 N–H and O–H groups in total. The summed E-state index contributed by atoms with van der Waals surface area (Å²) >= 11 is 0.777. The number of esters is 1. The van der Waals surface area contributed by atoms with Crippen LogP contribution in [0.15, 0.2) is 39.9 Å². The SMILES string of the molecule is CC(OC(=O)c1csc(S(N)(=O)=O)c1)C(=O)N1CC(=O)Nc2ccccc21. The molecule has 27 heavy (non-hydrogen) atoms. The number of nitrogens with zero attached hydrogens (tertiary/aromatic N) is 1. The quantitative estimate of drug-likeness (QED) is 0.721. The van der Waals surface area contributed by atoms with Crippen molar-refractivity contribution in [3.63, 3.8) is 0 Å². The van der Waals surface area contributed by atoms with Crippen LogP contribution < -0.4 is 15.4 Å². The number of nitrogens with one attached hydrogen (secondary N) is 1. The zero-order valence-corrected chi connectivity index (χ0v) is 15.7. The lowest BCUT2D eigenvalue weighted by Crippen LogP contribution is -2.47. The van der Waals surface area contributed by atoms with Gasteiger partial charge in [-0.3, -0.25) is 14.5 Å². The first-order valence-electron chi connectivity index (χ1n) is 7.69. The third kappa shape index (κ3) is 3.99. The number of sulfonamides is 1. The zero-order chi connectivity index (χ0) is 19.8. The Morgan fingerprint density at radius 1 is 1.33 bits per heavy atom. The number of carbonyl (C=O) groups is 3. The minimum atomic E-state index is -3.93. The van der Waals surface area contributed by atoms with Crippen molar-refractivity contribution >= 4 is 50.5 Å². The molecular weight excluding hydrogens is 394 g/mol. The van der Waals surface area contributed by atoms with Crippen molar-refractivity contribution < 1.29 is 27.5 Å². The number of hydrogen-bond donors (Lipinski definition) is 2. The molecule has 3 rings (SSSR count). The van der Waals surface area contributed by atoms with Gasteiger partial charge in [0.05, 0.1) is 16.9 Å². The van der Waals surface area contributed by atoms with E-state index in [1.165, 1.54) is 17.2 Å². The van der Waals surface area contributed by atoms with Crippen LogP contribution in [-0.4, -0.2) is 38.9 Å². The van der Waals surface area contributed by atoms with E-state index in [0.29, 0.717) is 11.4 Å². The van der Waals surface area contributed by atoms with E-state index in [9.17, 15) is 22.8 Å². The second-order valence-corrected chi connectivity index (χ2v) is 8.44. The summed E-state index contributed by atoms with van der Waals surface area (Å²) in [5.74, 6) is -1.81. The molecule has 1 aromatic heterocycles. The first-order valence-corrected chi connectivity index (χ1v) is 10.1. The third-order valence-corrected chi connectivity index (χ3v) is 6.15. The van der Waals surface area contributed by atoms with Crippen LogP contribution in [0.2, 0.25) is 0 Å². The molecule has 2 heterocycles. The largest absolute Gasteiger partial charge is 0.449 e. The predicted octanol–water partition coefficient (Wildman–Crippen LogP) is 0.926. The molecule has 0 saturated carbocycles. The van der Waals surface area contributed by atoms with Gasteiger partial charge in [-0.2, -0.15) is 0 Å². The molecule has 0 spiro atoms. The number of amides is 2.